The lowest BCUT2D eigenvalue weighted by molar-refractivity contribution is 0.0702. The molecule has 2 N–H and O–H groups in total. The summed E-state index contributed by atoms with van der Waals surface area (Å²) in [7, 11) is 0. The SMILES string of the molecule is O=C(c1ccncc1)N1CCC(NC2CCN(c3nccc(-c4ccc[nH]4)n3)C2)CC1. The molecule has 2 aliphatic heterocycles. The van der Waals surface area contributed by atoms with Gasteiger partial charge >= 0.3 is 0 Å². The standard InChI is InChI=1S/C23H27N7O/c31-22(17-3-10-24-11-4-17)29-13-6-18(7-14-29)27-19-8-15-30(16-19)23-26-12-5-21(28-23)20-2-1-9-25-20/h1-5,9-12,18-19,25,27H,6-8,13-16H2. The highest BCUT2D eigenvalue weighted by atomic mass is 16.2. The number of aromatic amines is 1. The molecule has 5 rings (SSSR count). The molecule has 5 heterocycles. The minimum atomic E-state index is 0.104. The van der Waals surface area contributed by atoms with Crippen LogP contribution >= 0.6 is 0 Å². The first-order valence-electron chi connectivity index (χ1n) is 10.9. The van der Waals surface area contributed by atoms with E-state index in [4.69, 9.17) is 4.98 Å². The van der Waals surface area contributed by atoms with E-state index in [0.29, 0.717) is 12.1 Å². The molecule has 160 valence electrons. The van der Waals surface area contributed by atoms with E-state index < -0.39 is 0 Å². The maximum Gasteiger partial charge on any atom is 0.253 e. The van der Waals surface area contributed by atoms with Gasteiger partial charge in [-0.25, -0.2) is 9.97 Å². The highest BCUT2D eigenvalue weighted by Crippen LogP contribution is 2.22. The van der Waals surface area contributed by atoms with Gasteiger partial charge in [0.15, 0.2) is 0 Å². The van der Waals surface area contributed by atoms with E-state index in [1.807, 2.05) is 35.5 Å². The molecule has 2 fully saturated rings. The summed E-state index contributed by atoms with van der Waals surface area (Å²) < 4.78 is 0. The average Bonchev–Trinajstić information content (AvgIpc) is 3.53. The number of pyridine rings is 1. The van der Waals surface area contributed by atoms with E-state index in [-0.39, 0.29) is 5.91 Å². The van der Waals surface area contributed by atoms with E-state index in [0.717, 1.165) is 68.3 Å². The molecule has 2 aliphatic rings. The van der Waals surface area contributed by atoms with Crippen LogP contribution in [0.4, 0.5) is 5.95 Å². The Bertz CT molecular complexity index is 1000. The van der Waals surface area contributed by atoms with Gasteiger partial charge in [0.2, 0.25) is 5.95 Å². The molecule has 8 nitrogen and oxygen atoms in total. The van der Waals surface area contributed by atoms with Crippen molar-refractivity contribution in [2.75, 3.05) is 31.1 Å². The molecule has 1 amide bonds. The Kier molecular flexibility index (Phi) is 5.62. The van der Waals surface area contributed by atoms with Gasteiger partial charge in [0.05, 0.1) is 11.4 Å². The third-order valence-corrected chi connectivity index (χ3v) is 6.17. The van der Waals surface area contributed by atoms with E-state index in [2.05, 4.69) is 25.2 Å². The van der Waals surface area contributed by atoms with Crippen LogP contribution in [0.15, 0.2) is 55.1 Å². The topological polar surface area (TPSA) is 90.0 Å². The summed E-state index contributed by atoms with van der Waals surface area (Å²) in [5, 5.41) is 3.81. The zero-order valence-electron chi connectivity index (χ0n) is 17.4. The van der Waals surface area contributed by atoms with Gasteiger partial charge in [-0.05, 0) is 49.6 Å². The minimum Gasteiger partial charge on any atom is -0.360 e. The summed E-state index contributed by atoms with van der Waals surface area (Å²) >= 11 is 0. The maximum atomic E-state index is 12.6. The molecule has 8 heteroatoms. The molecule has 0 spiro atoms. The van der Waals surface area contributed by atoms with Gasteiger partial charge in [0.1, 0.15) is 0 Å². The van der Waals surface area contributed by atoms with Gasteiger partial charge in [-0.3, -0.25) is 9.78 Å². The monoisotopic (exact) mass is 417 g/mol. The van der Waals surface area contributed by atoms with Crippen molar-refractivity contribution in [2.24, 2.45) is 0 Å². The lowest BCUT2D eigenvalue weighted by Crippen LogP contribution is -2.48. The zero-order chi connectivity index (χ0) is 21.0. The summed E-state index contributed by atoms with van der Waals surface area (Å²) in [5.41, 5.74) is 2.64. The largest absolute Gasteiger partial charge is 0.360 e. The Balaban J connectivity index is 1.13. The van der Waals surface area contributed by atoms with Crippen LogP contribution in [0.3, 0.4) is 0 Å². The van der Waals surface area contributed by atoms with Gasteiger partial charge in [0, 0.05) is 68.6 Å². The van der Waals surface area contributed by atoms with E-state index in [9.17, 15) is 4.79 Å². The first kappa shape index (κ1) is 19.7. The zero-order valence-corrected chi connectivity index (χ0v) is 17.4. The van der Waals surface area contributed by atoms with Gasteiger partial charge in [-0.2, -0.15) is 0 Å². The van der Waals surface area contributed by atoms with Crippen molar-refractivity contribution in [3.8, 4) is 11.4 Å². The van der Waals surface area contributed by atoms with Crippen LogP contribution in [-0.4, -0.2) is 69.0 Å². The van der Waals surface area contributed by atoms with Crippen molar-refractivity contribution in [2.45, 2.75) is 31.3 Å². The van der Waals surface area contributed by atoms with Crippen molar-refractivity contribution in [1.82, 2.24) is 30.2 Å². The van der Waals surface area contributed by atoms with Crippen molar-refractivity contribution >= 4 is 11.9 Å². The second kappa shape index (κ2) is 8.85. The number of hydrogen-bond donors (Lipinski definition) is 2. The molecule has 0 saturated carbocycles. The number of nitrogens with one attached hydrogen (secondary N) is 2. The summed E-state index contributed by atoms with van der Waals surface area (Å²) in [6.07, 6.45) is 10.1. The number of H-pyrrole nitrogens is 1. The molecule has 0 aliphatic carbocycles. The van der Waals surface area contributed by atoms with Crippen LogP contribution in [0.2, 0.25) is 0 Å². The first-order chi connectivity index (χ1) is 15.3. The number of amides is 1. The molecule has 0 bridgehead atoms. The van der Waals surface area contributed by atoms with Crippen LogP contribution in [-0.2, 0) is 0 Å². The number of hydrogen-bond acceptors (Lipinski definition) is 6. The number of aromatic nitrogens is 4. The maximum absolute atomic E-state index is 12.6. The number of anilines is 1. The summed E-state index contributed by atoms with van der Waals surface area (Å²) in [5.74, 6) is 0.890. The summed E-state index contributed by atoms with van der Waals surface area (Å²) in [6.45, 7) is 3.43. The second-order valence-electron chi connectivity index (χ2n) is 8.23. The smallest absolute Gasteiger partial charge is 0.253 e. The number of rotatable bonds is 5. The Morgan fingerprint density at radius 3 is 2.58 bits per heavy atom. The fourth-order valence-electron chi connectivity index (χ4n) is 4.48. The van der Waals surface area contributed by atoms with Crippen molar-refractivity contribution < 1.29 is 4.79 Å². The van der Waals surface area contributed by atoms with Crippen LogP contribution in [0, 0.1) is 0 Å². The summed E-state index contributed by atoms with van der Waals surface area (Å²) in [4.78, 5) is 33.3. The van der Waals surface area contributed by atoms with E-state index in [1.54, 1.807) is 24.5 Å². The van der Waals surface area contributed by atoms with Crippen LogP contribution in [0.5, 0.6) is 0 Å². The number of likely N-dealkylation sites (tertiary alicyclic amines) is 1. The van der Waals surface area contributed by atoms with Gasteiger partial charge in [-0.15, -0.1) is 0 Å². The van der Waals surface area contributed by atoms with Crippen molar-refractivity contribution in [3.05, 3.63) is 60.7 Å². The third kappa shape index (κ3) is 4.44. The lowest BCUT2D eigenvalue weighted by Gasteiger charge is -2.34. The second-order valence-corrected chi connectivity index (χ2v) is 8.23. The Morgan fingerprint density at radius 1 is 1.00 bits per heavy atom. The molecular formula is C23H27N7O. The highest BCUT2D eigenvalue weighted by molar-refractivity contribution is 5.94. The molecule has 2 saturated heterocycles. The third-order valence-electron chi connectivity index (χ3n) is 6.17. The fraction of sp³-hybridized carbons (Fsp3) is 0.391. The average molecular weight is 418 g/mol. The molecule has 0 radical (unpaired) electrons. The lowest BCUT2D eigenvalue weighted by atomic mass is 10.0. The predicted molar refractivity (Wildman–Crippen MR) is 119 cm³/mol. The molecular weight excluding hydrogens is 390 g/mol. The van der Waals surface area contributed by atoms with Crippen molar-refractivity contribution in [1.29, 1.82) is 0 Å². The highest BCUT2D eigenvalue weighted by Gasteiger charge is 2.29. The molecule has 3 aromatic rings. The van der Waals surface area contributed by atoms with Crippen LogP contribution in [0.1, 0.15) is 29.6 Å². The quantitative estimate of drug-likeness (QED) is 0.662. The van der Waals surface area contributed by atoms with Crippen LogP contribution < -0.4 is 10.2 Å². The van der Waals surface area contributed by atoms with Crippen LogP contribution in [0.25, 0.3) is 11.4 Å². The Hall–Kier alpha value is -3.26. The van der Waals surface area contributed by atoms with Crippen molar-refractivity contribution in [3.63, 3.8) is 0 Å². The fourth-order valence-corrected chi connectivity index (χ4v) is 4.48. The first-order valence-corrected chi connectivity index (χ1v) is 10.9. The predicted octanol–water partition coefficient (Wildman–Crippen LogP) is 2.34. The molecule has 1 atom stereocenters. The number of carbonyl (C=O) groups is 1. The normalized spacial score (nSPS) is 19.7. The van der Waals surface area contributed by atoms with Gasteiger partial charge in [0.25, 0.3) is 5.91 Å². The van der Waals surface area contributed by atoms with E-state index >= 15 is 0 Å². The number of nitrogens with zero attached hydrogens (tertiary/aromatic N) is 5. The summed E-state index contributed by atoms with van der Waals surface area (Å²) in [6, 6.07) is 10.4. The molecule has 31 heavy (non-hydrogen) atoms. The minimum absolute atomic E-state index is 0.104. The molecule has 0 aromatic carbocycles. The van der Waals surface area contributed by atoms with E-state index in [1.165, 1.54) is 0 Å². The van der Waals surface area contributed by atoms with Gasteiger partial charge in [-0.1, -0.05) is 0 Å². The Labute approximate surface area is 181 Å². The van der Waals surface area contributed by atoms with Gasteiger partial charge < -0.3 is 20.1 Å². The Morgan fingerprint density at radius 2 is 1.81 bits per heavy atom. The molecule has 3 aromatic heterocycles. The molecule has 1 unspecified atom stereocenters. The number of carbonyl (C=O) groups excluding carboxylic acids is 1. The number of piperidine rings is 1.